The highest BCUT2D eigenvalue weighted by atomic mass is 35.5. The van der Waals surface area contributed by atoms with Gasteiger partial charge in [0.1, 0.15) is 0 Å². The van der Waals surface area contributed by atoms with Crippen molar-refractivity contribution in [2.75, 3.05) is 0 Å². The summed E-state index contributed by atoms with van der Waals surface area (Å²) in [7, 11) is 0. The normalized spacial score (nSPS) is 11.0. The first-order valence-corrected chi connectivity index (χ1v) is 3.67. The summed E-state index contributed by atoms with van der Waals surface area (Å²) in [6, 6.07) is 3.48. The molecular formula is C9H4ClF3. The molecule has 0 spiro atoms. The molecule has 1 aromatic carbocycles. The third-order valence-corrected chi connectivity index (χ3v) is 1.87. The van der Waals surface area contributed by atoms with Crippen molar-refractivity contribution in [3.8, 4) is 12.3 Å². The molecule has 13 heavy (non-hydrogen) atoms. The number of benzene rings is 1. The van der Waals surface area contributed by atoms with Gasteiger partial charge in [0.05, 0.1) is 10.6 Å². The summed E-state index contributed by atoms with van der Waals surface area (Å²) in [6.07, 6.45) is 0.507. The molecule has 0 unspecified atom stereocenters. The quantitative estimate of drug-likeness (QED) is 0.569. The summed E-state index contributed by atoms with van der Waals surface area (Å²) in [5.41, 5.74) is -0.846. The maximum Gasteiger partial charge on any atom is 0.417 e. The van der Waals surface area contributed by atoms with Crippen molar-refractivity contribution in [3.05, 3.63) is 34.3 Å². The molecule has 0 heterocycles. The van der Waals surface area contributed by atoms with Crippen LogP contribution in [-0.4, -0.2) is 0 Å². The van der Waals surface area contributed by atoms with Gasteiger partial charge in [-0.05, 0) is 12.1 Å². The summed E-state index contributed by atoms with van der Waals surface area (Å²) < 4.78 is 36.6. The van der Waals surface area contributed by atoms with E-state index in [1.807, 2.05) is 0 Å². The van der Waals surface area contributed by atoms with Crippen molar-refractivity contribution >= 4 is 11.6 Å². The Hall–Kier alpha value is -1.14. The van der Waals surface area contributed by atoms with Gasteiger partial charge in [-0.3, -0.25) is 0 Å². The average molecular weight is 205 g/mol. The van der Waals surface area contributed by atoms with Crippen molar-refractivity contribution in [1.29, 1.82) is 0 Å². The molecule has 0 aliphatic carbocycles. The van der Waals surface area contributed by atoms with Crippen LogP contribution in [-0.2, 0) is 6.18 Å². The first-order valence-electron chi connectivity index (χ1n) is 3.29. The van der Waals surface area contributed by atoms with E-state index in [0.717, 1.165) is 6.07 Å². The van der Waals surface area contributed by atoms with Gasteiger partial charge >= 0.3 is 6.18 Å². The fourth-order valence-electron chi connectivity index (χ4n) is 0.862. The molecule has 0 saturated carbocycles. The molecular weight excluding hydrogens is 201 g/mol. The Morgan fingerprint density at radius 1 is 1.31 bits per heavy atom. The largest absolute Gasteiger partial charge is 0.417 e. The second-order valence-electron chi connectivity index (χ2n) is 2.31. The summed E-state index contributed by atoms with van der Waals surface area (Å²) in [4.78, 5) is 0. The van der Waals surface area contributed by atoms with E-state index in [1.165, 1.54) is 12.1 Å². The molecule has 0 aromatic heterocycles. The number of hydrogen-bond acceptors (Lipinski definition) is 0. The van der Waals surface area contributed by atoms with Crippen molar-refractivity contribution < 1.29 is 13.2 Å². The molecule has 0 bridgehead atoms. The third-order valence-electron chi connectivity index (χ3n) is 1.46. The van der Waals surface area contributed by atoms with E-state index in [4.69, 9.17) is 18.0 Å². The van der Waals surface area contributed by atoms with Crippen molar-refractivity contribution in [2.24, 2.45) is 0 Å². The molecule has 0 amide bonds. The van der Waals surface area contributed by atoms with Gasteiger partial charge in [-0.25, -0.2) is 0 Å². The molecule has 1 rings (SSSR count). The van der Waals surface area contributed by atoms with Crippen molar-refractivity contribution in [1.82, 2.24) is 0 Å². The standard InChI is InChI=1S/C9H4ClF3/c1-2-6-4-3-5-7(8(6)10)9(11,12)13/h1,3-5H. The van der Waals surface area contributed by atoms with E-state index >= 15 is 0 Å². The minimum Gasteiger partial charge on any atom is -0.166 e. The van der Waals surface area contributed by atoms with Crippen LogP contribution in [0, 0.1) is 12.3 Å². The minimum absolute atomic E-state index is 0.0523. The lowest BCUT2D eigenvalue weighted by atomic mass is 10.1. The highest BCUT2D eigenvalue weighted by Gasteiger charge is 2.33. The molecule has 1 aromatic rings. The number of halogens is 4. The molecule has 0 fully saturated rings. The van der Waals surface area contributed by atoms with E-state index in [2.05, 4.69) is 5.92 Å². The zero-order valence-corrected chi connectivity index (χ0v) is 7.08. The van der Waals surface area contributed by atoms with Crippen LogP contribution in [0.4, 0.5) is 13.2 Å². The van der Waals surface area contributed by atoms with Crippen LogP contribution in [0.1, 0.15) is 11.1 Å². The third kappa shape index (κ3) is 1.96. The molecule has 4 heteroatoms. The lowest BCUT2D eigenvalue weighted by Crippen LogP contribution is -2.06. The van der Waals surface area contributed by atoms with Crippen LogP contribution < -0.4 is 0 Å². The second-order valence-corrected chi connectivity index (χ2v) is 2.69. The highest BCUT2D eigenvalue weighted by molar-refractivity contribution is 6.32. The van der Waals surface area contributed by atoms with Crippen LogP contribution in [0.2, 0.25) is 5.02 Å². The molecule has 0 N–H and O–H groups in total. The molecule has 0 saturated heterocycles. The Kier molecular flexibility index (Phi) is 2.53. The van der Waals surface area contributed by atoms with Crippen molar-refractivity contribution in [3.63, 3.8) is 0 Å². The van der Waals surface area contributed by atoms with Gasteiger partial charge < -0.3 is 0 Å². The van der Waals surface area contributed by atoms with Crippen LogP contribution >= 0.6 is 11.6 Å². The summed E-state index contributed by atoms with van der Waals surface area (Å²) >= 11 is 5.43. The number of rotatable bonds is 0. The van der Waals surface area contributed by atoms with Crippen molar-refractivity contribution in [2.45, 2.75) is 6.18 Å². The Bertz CT molecular complexity index is 360. The predicted octanol–water partition coefficient (Wildman–Crippen LogP) is 3.34. The lowest BCUT2D eigenvalue weighted by Gasteiger charge is -2.09. The molecule has 0 nitrogen and oxygen atoms in total. The SMILES string of the molecule is C#Cc1cccc(C(F)(F)F)c1Cl. The van der Waals surface area contributed by atoms with Gasteiger partial charge in [-0.2, -0.15) is 13.2 Å². The van der Waals surface area contributed by atoms with Crippen LogP contribution in [0.5, 0.6) is 0 Å². The summed E-state index contributed by atoms with van der Waals surface area (Å²) in [5.74, 6) is 2.08. The fraction of sp³-hybridized carbons (Fsp3) is 0.111. The van der Waals surface area contributed by atoms with E-state index in [1.54, 1.807) is 0 Å². The van der Waals surface area contributed by atoms with Gasteiger partial charge in [0.25, 0.3) is 0 Å². The Balaban J connectivity index is 3.34. The van der Waals surface area contributed by atoms with Crippen LogP contribution in [0.15, 0.2) is 18.2 Å². The number of hydrogen-bond donors (Lipinski definition) is 0. The smallest absolute Gasteiger partial charge is 0.166 e. The fourth-order valence-corrected chi connectivity index (χ4v) is 1.15. The maximum absolute atomic E-state index is 12.2. The first kappa shape index (κ1) is 9.94. The van der Waals surface area contributed by atoms with Gasteiger partial charge in [0.2, 0.25) is 0 Å². The Morgan fingerprint density at radius 3 is 2.38 bits per heavy atom. The second kappa shape index (κ2) is 3.31. The lowest BCUT2D eigenvalue weighted by molar-refractivity contribution is -0.137. The highest BCUT2D eigenvalue weighted by Crippen LogP contribution is 2.35. The summed E-state index contributed by atoms with van der Waals surface area (Å²) in [5, 5.41) is -0.419. The molecule has 0 atom stereocenters. The minimum atomic E-state index is -4.45. The number of alkyl halides is 3. The Labute approximate surface area is 78.3 Å². The zero-order valence-electron chi connectivity index (χ0n) is 6.32. The van der Waals surface area contributed by atoms with E-state index in [-0.39, 0.29) is 5.56 Å². The maximum atomic E-state index is 12.2. The first-order chi connectivity index (χ1) is 5.96. The van der Waals surface area contributed by atoms with E-state index in [9.17, 15) is 13.2 Å². The van der Waals surface area contributed by atoms with Gasteiger partial charge in [-0.15, -0.1) is 6.42 Å². The molecule has 0 aliphatic heterocycles. The van der Waals surface area contributed by atoms with E-state index < -0.39 is 16.8 Å². The zero-order chi connectivity index (χ0) is 10.1. The van der Waals surface area contributed by atoms with Gasteiger partial charge in [-0.1, -0.05) is 23.6 Å². The van der Waals surface area contributed by atoms with E-state index in [0.29, 0.717) is 0 Å². The predicted molar refractivity (Wildman–Crippen MR) is 44.4 cm³/mol. The molecule has 0 aliphatic rings. The van der Waals surface area contributed by atoms with Gasteiger partial charge in [0, 0.05) is 5.56 Å². The topological polar surface area (TPSA) is 0 Å². The monoisotopic (exact) mass is 204 g/mol. The van der Waals surface area contributed by atoms with Gasteiger partial charge in [0.15, 0.2) is 0 Å². The Morgan fingerprint density at radius 2 is 1.92 bits per heavy atom. The van der Waals surface area contributed by atoms with Crippen LogP contribution in [0.3, 0.4) is 0 Å². The molecule has 0 radical (unpaired) electrons. The number of terminal acetylenes is 1. The average Bonchev–Trinajstić information content (AvgIpc) is 2.02. The summed E-state index contributed by atoms with van der Waals surface area (Å²) in [6.45, 7) is 0. The van der Waals surface area contributed by atoms with Crippen LogP contribution in [0.25, 0.3) is 0 Å². The molecule has 68 valence electrons.